The molecule has 1 aromatic heterocycles. The van der Waals surface area contributed by atoms with Crippen molar-refractivity contribution in [3.05, 3.63) is 28.6 Å². The van der Waals surface area contributed by atoms with Gasteiger partial charge in [0.15, 0.2) is 0 Å². The van der Waals surface area contributed by atoms with Gasteiger partial charge in [0, 0.05) is 36.0 Å². The molecule has 0 radical (unpaired) electrons. The van der Waals surface area contributed by atoms with Crippen molar-refractivity contribution in [1.29, 1.82) is 0 Å². The maximum atomic E-state index is 11.7. The van der Waals surface area contributed by atoms with Gasteiger partial charge in [-0.1, -0.05) is 0 Å². The highest BCUT2D eigenvalue weighted by Crippen LogP contribution is 2.05. The molecule has 8 heteroatoms. The number of urea groups is 1. The smallest absolute Gasteiger partial charge is 0.331 e. The lowest BCUT2D eigenvalue weighted by molar-refractivity contribution is -0.133. The summed E-state index contributed by atoms with van der Waals surface area (Å²) >= 11 is 0. The minimum Gasteiger partial charge on any atom is -0.478 e. The number of aliphatic carboxylic acids is 1. The predicted octanol–water partition coefficient (Wildman–Crippen LogP) is 0.475. The average molecular weight is 294 g/mol. The quantitative estimate of drug-likeness (QED) is 0.699. The van der Waals surface area contributed by atoms with Gasteiger partial charge in [-0.15, -0.1) is 0 Å². The van der Waals surface area contributed by atoms with Crippen molar-refractivity contribution in [1.82, 2.24) is 20.4 Å². The molecule has 1 aromatic rings. The van der Waals surface area contributed by atoms with Crippen LogP contribution in [0.3, 0.4) is 0 Å². The molecule has 21 heavy (non-hydrogen) atoms. The SMILES string of the molecule is CC(C(=O)O)=C(C)C(=O)NC(=O)NCc1cnn(C)c1C. The van der Waals surface area contributed by atoms with Gasteiger partial charge in [-0.3, -0.25) is 14.8 Å². The van der Waals surface area contributed by atoms with E-state index in [-0.39, 0.29) is 17.7 Å². The maximum absolute atomic E-state index is 11.7. The number of imide groups is 1. The molecule has 0 aromatic carbocycles. The summed E-state index contributed by atoms with van der Waals surface area (Å²) in [7, 11) is 1.78. The van der Waals surface area contributed by atoms with Crippen LogP contribution in [0.1, 0.15) is 25.1 Å². The normalized spacial score (nSPS) is 11.6. The van der Waals surface area contributed by atoms with Crippen molar-refractivity contribution in [2.45, 2.75) is 27.3 Å². The van der Waals surface area contributed by atoms with Gasteiger partial charge in [0.25, 0.3) is 5.91 Å². The number of hydrogen-bond acceptors (Lipinski definition) is 4. The van der Waals surface area contributed by atoms with Gasteiger partial charge >= 0.3 is 12.0 Å². The van der Waals surface area contributed by atoms with Crippen molar-refractivity contribution >= 4 is 17.9 Å². The Morgan fingerprint density at radius 2 is 1.90 bits per heavy atom. The molecule has 3 N–H and O–H groups in total. The van der Waals surface area contributed by atoms with E-state index in [4.69, 9.17) is 5.11 Å². The zero-order chi connectivity index (χ0) is 16.2. The molecule has 0 fully saturated rings. The van der Waals surface area contributed by atoms with E-state index >= 15 is 0 Å². The van der Waals surface area contributed by atoms with E-state index in [0.717, 1.165) is 11.3 Å². The fourth-order valence-corrected chi connectivity index (χ4v) is 1.46. The van der Waals surface area contributed by atoms with Crippen molar-refractivity contribution in [2.75, 3.05) is 0 Å². The Kier molecular flexibility index (Phi) is 5.23. The first-order valence-electron chi connectivity index (χ1n) is 6.21. The molecular weight excluding hydrogens is 276 g/mol. The standard InChI is InChI=1S/C13H18N4O4/c1-7(8(2)12(19)20)11(18)16-13(21)14-5-10-6-15-17(4)9(10)3/h6H,5H2,1-4H3,(H,19,20)(H2,14,16,18,21). The van der Waals surface area contributed by atoms with E-state index in [0.29, 0.717) is 0 Å². The first-order chi connectivity index (χ1) is 9.73. The van der Waals surface area contributed by atoms with Crippen LogP contribution in [-0.2, 0) is 23.2 Å². The van der Waals surface area contributed by atoms with Crippen LogP contribution in [0.4, 0.5) is 4.79 Å². The van der Waals surface area contributed by atoms with Gasteiger partial charge in [0.1, 0.15) is 0 Å². The second-order valence-corrected chi connectivity index (χ2v) is 4.57. The van der Waals surface area contributed by atoms with Crippen LogP contribution in [-0.4, -0.2) is 32.8 Å². The minimum atomic E-state index is -1.20. The molecule has 8 nitrogen and oxygen atoms in total. The Bertz CT molecular complexity index is 616. The number of nitrogens with zero attached hydrogens (tertiary/aromatic N) is 2. The topological polar surface area (TPSA) is 113 Å². The van der Waals surface area contributed by atoms with Gasteiger partial charge in [0.2, 0.25) is 0 Å². The third-order valence-electron chi connectivity index (χ3n) is 3.23. The van der Waals surface area contributed by atoms with Gasteiger partial charge in [0.05, 0.1) is 6.20 Å². The zero-order valence-corrected chi connectivity index (χ0v) is 12.4. The molecule has 0 aliphatic rings. The zero-order valence-electron chi connectivity index (χ0n) is 12.4. The van der Waals surface area contributed by atoms with Crippen LogP contribution in [0, 0.1) is 6.92 Å². The van der Waals surface area contributed by atoms with Crippen LogP contribution in [0.15, 0.2) is 17.3 Å². The van der Waals surface area contributed by atoms with E-state index in [1.807, 2.05) is 6.92 Å². The van der Waals surface area contributed by atoms with Crippen LogP contribution in [0.2, 0.25) is 0 Å². The number of amides is 3. The molecule has 0 bridgehead atoms. The number of carbonyl (C=O) groups excluding carboxylic acids is 2. The molecule has 3 amide bonds. The van der Waals surface area contributed by atoms with Gasteiger partial charge in [-0.05, 0) is 20.8 Å². The summed E-state index contributed by atoms with van der Waals surface area (Å²) in [4.78, 5) is 34.0. The third-order valence-corrected chi connectivity index (χ3v) is 3.23. The van der Waals surface area contributed by atoms with Crippen LogP contribution in [0.25, 0.3) is 0 Å². The maximum Gasteiger partial charge on any atom is 0.331 e. The number of nitrogens with one attached hydrogen (secondary N) is 2. The molecule has 0 spiro atoms. The number of aryl methyl sites for hydroxylation is 1. The van der Waals surface area contributed by atoms with Crippen molar-refractivity contribution < 1.29 is 19.5 Å². The second kappa shape index (κ2) is 6.69. The summed E-state index contributed by atoms with van der Waals surface area (Å²) in [5.74, 6) is -1.94. The summed E-state index contributed by atoms with van der Waals surface area (Å²) in [6.45, 7) is 4.72. The summed E-state index contributed by atoms with van der Waals surface area (Å²) in [5.41, 5.74) is 1.60. The molecular formula is C13H18N4O4. The van der Waals surface area contributed by atoms with E-state index < -0.39 is 17.9 Å². The largest absolute Gasteiger partial charge is 0.478 e. The minimum absolute atomic E-state index is 0.0183. The van der Waals surface area contributed by atoms with Crippen LogP contribution in [0.5, 0.6) is 0 Å². The Hall–Kier alpha value is -2.64. The lowest BCUT2D eigenvalue weighted by atomic mass is 10.1. The number of rotatable bonds is 4. The summed E-state index contributed by atoms with van der Waals surface area (Å²) in [6.07, 6.45) is 1.62. The first-order valence-corrected chi connectivity index (χ1v) is 6.21. The summed E-state index contributed by atoms with van der Waals surface area (Å²) in [5, 5.41) is 17.4. The fraction of sp³-hybridized carbons (Fsp3) is 0.385. The predicted molar refractivity (Wildman–Crippen MR) is 74.3 cm³/mol. The van der Waals surface area contributed by atoms with Crippen LogP contribution >= 0.6 is 0 Å². The van der Waals surface area contributed by atoms with Crippen LogP contribution < -0.4 is 10.6 Å². The van der Waals surface area contributed by atoms with Crippen molar-refractivity contribution in [2.24, 2.45) is 7.05 Å². The monoisotopic (exact) mass is 294 g/mol. The van der Waals surface area contributed by atoms with E-state index in [1.165, 1.54) is 13.8 Å². The number of carboxylic acid groups (broad SMARTS) is 1. The molecule has 0 aliphatic heterocycles. The van der Waals surface area contributed by atoms with E-state index in [2.05, 4.69) is 15.7 Å². The average Bonchev–Trinajstić information content (AvgIpc) is 2.74. The molecule has 1 heterocycles. The molecule has 0 atom stereocenters. The number of aromatic nitrogens is 2. The molecule has 114 valence electrons. The molecule has 0 aliphatic carbocycles. The number of carboxylic acids is 1. The van der Waals surface area contributed by atoms with E-state index in [1.54, 1.807) is 17.9 Å². The Balaban J connectivity index is 2.58. The Morgan fingerprint density at radius 1 is 1.29 bits per heavy atom. The van der Waals surface area contributed by atoms with E-state index in [9.17, 15) is 14.4 Å². The van der Waals surface area contributed by atoms with Gasteiger partial charge < -0.3 is 10.4 Å². The highest BCUT2D eigenvalue weighted by Gasteiger charge is 2.15. The molecule has 1 rings (SSSR count). The number of hydrogen-bond donors (Lipinski definition) is 3. The van der Waals surface area contributed by atoms with Gasteiger partial charge in [-0.25, -0.2) is 9.59 Å². The summed E-state index contributed by atoms with van der Waals surface area (Å²) < 4.78 is 1.67. The molecule has 0 unspecified atom stereocenters. The lowest BCUT2D eigenvalue weighted by Gasteiger charge is -2.07. The van der Waals surface area contributed by atoms with Gasteiger partial charge in [-0.2, -0.15) is 5.10 Å². The van der Waals surface area contributed by atoms with Crippen molar-refractivity contribution in [3.63, 3.8) is 0 Å². The molecule has 0 saturated heterocycles. The number of carbonyl (C=O) groups is 3. The Morgan fingerprint density at radius 3 is 2.38 bits per heavy atom. The highest BCUT2D eigenvalue weighted by atomic mass is 16.4. The Labute approximate surface area is 121 Å². The highest BCUT2D eigenvalue weighted by molar-refractivity contribution is 6.07. The van der Waals surface area contributed by atoms with Crippen molar-refractivity contribution in [3.8, 4) is 0 Å². The third kappa shape index (κ3) is 4.16. The molecule has 0 saturated carbocycles. The fourth-order valence-electron chi connectivity index (χ4n) is 1.46. The second-order valence-electron chi connectivity index (χ2n) is 4.57. The first kappa shape index (κ1) is 16.4. The lowest BCUT2D eigenvalue weighted by Crippen LogP contribution is -2.39. The summed E-state index contributed by atoms with van der Waals surface area (Å²) in [6, 6.07) is -0.694.